The summed E-state index contributed by atoms with van der Waals surface area (Å²) in [5, 5.41) is 11.0. The second-order valence-corrected chi connectivity index (χ2v) is 1.69. The van der Waals surface area contributed by atoms with Crippen LogP contribution in [0.1, 0.15) is 6.42 Å². The molecule has 0 unspecified atom stereocenters. The summed E-state index contributed by atoms with van der Waals surface area (Å²) in [6.07, 6.45) is 2.83. The predicted octanol–water partition coefficient (Wildman–Crippen LogP) is -0.331. The molecule has 0 fully saturated rings. The van der Waals surface area contributed by atoms with Crippen molar-refractivity contribution >= 4 is 6.41 Å². The lowest BCUT2D eigenvalue weighted by molar-refractivity contribution is -0.110. The van der Waals surface area contributed by atoms with Crippen LogP contribution in [0.4, 0.5) is 0 Å². The lowest BCUT2D eigenvalue weighted by Gasteiger charge is -2.08. The van der Waals surface area contributed by atoms with E-state index in [1.165, 1.54) is 0 Å². The van der Waals surface area contributed by atoms with Gasteiger partial charge in [-0.3, -0.25) is 4.79 Å². The molecule has 1 amide bonds. The molecule has 0 aromatic carbocycles. The van der Waals surface area contributed by atoms with Crippen molar-refractivity contribution in [1.29, 1.82) is 0 Å². The molecule has 3 nitrogen and oxygen atoms in total. The highest BCUT2D eigenvalue weighted by atomic mass is 16.3. The molecule has 2 N–H and O–H groups in total. The van der Waals surface area contributed by atoms with E-state index in [-0.39, 0.29) is 12.6 Å². The summed E-state index contributed by atoms with van der Waals surface area (Å²) < 4.78 is 0. The van der Waals surface area contributed by atoms with Gasteiger partial charge in [0, 0.05) is 0 Å². The first kappa shape index (κ1) is 8.17. The van der Waals surface area contributed by atoms with Gasteiger partial charge >= 0.3 is 0 Å². The molecule has 0 saturated heterocycles. The molecule has 52 valence electrons. The number of aliphatic hydroxyl groups is 1. The van der Waals surface area contributed by atoms with Crippen molar-refractivity contribution in [1.82, 2.24) is 5.32 Å². The van der Waals surface area contributed by atoms with Crippen LogP contribution in [0.25, 0.3) is 0 Å². The Balaban J connectivity index is 3.39. The number of rotatable bonds is 5. The Morgan fingerprint density at radius 2 is 2.44 bits per heavy atom. The fourth-order valence-electron chi connectivity index (χ4n) is 0.493. The molecular formula is C6H11NO2. The van der Waals surface area contributed by atoms with E-state index in [2.05, 4.69) is 11.9 Å². The van der Waals surface area contributed by atoms with Crippen LogP contribution in [-0.2, 0) is 4.79 Å². The molecule has 0 bridgehead atoms. The van der Waals surface area contributed by atoms with Crippen LogP contribution in [0.3, 0.4) is 0 Å². The van der Waals surface area contributed by atoms with E-state index >= 15 is 0 Å². The van der Waals surface area contributed by atoms with Crippen molar-refractivity contribution in [3.05, 3.63) is 12.7 Å². The van der Waals surface area contributed by atoms with E-state index in [9.17, 15) is 4.79 Å². The van der Waals surface area contributed by atoms with E-state index in [1.807, 2.05) is 0 Å². The zero-order valence-corrected chi connectivity index (χ0v) is 5.21. The number of aliphatic hydroxyl groups excluding tert-OH is 1. The molecule has 0 aromatic rings. The number of hydrogen-bond acceptors (Lipinski definition) is 2. The molecule has 0 heterocycles. The maximum Gasteiger partial charge on any atom is 0.207 e. The third-order valence-corrected chi connectivity index (χ3v) is 0.975. The molecule has 0 saturated carbocycles. The highest BCUT2D eigenvalue weighted by molar-refractivity contribution is 5.46. The van der Waals surface area contributed by atoms with Gasteiger partial charge in [-0.15, -0.1) is 6.58 Å². The lowest BCUT2D eigenvalue weighted by atomic mass is 10.2. The summed E-state index contributed by atoms with van der Waals surface area (Å²) in [4.78, 5) is 9.79. The third-order valence-electron chi connectivity index (χ3n) is 0.975. The molecule has 1 atom stereocenters. The van der Waals surface area contributed by atoms with Crippen LogP contribution in [0.5, 0.6) is 0 Å². The van der Waals surface area contributed by atoms with Crippen molar-refractivity contribution in [3.8, 4) is 0 Å². The van der Waals surface area contributed by atoms with E-state index in [1.54, 1.807) is 6.08 Å². The number of amides is 1. The lowest BCUT2D eigenvalue weighted by Crippen LogP contribution is -2.30. The molecule has 0 aliphatic heterocycles. The van der Waals surface area contributed by atoms with E-state index in [4.69, 9.17) is 5.11 Å². The highest BCUT2D eigenvalue weighted by Gasteiger charge is 1.99. The van der Waals surface area contributed by atoms with Gasteiger partial charge in [0.05, 0.1) is 12.6 Å². The Hall–Kier alpha value is -0.830. The first-order valence-corrected chi connectivity index (χ1v) is 2.76. The van der Waals surface area contributed by atoms with E-state index < -0.39 is 0 Å². The summed E-state index contributed by atoms with van der Waals surface area (Å²) in [5.74, 6) is 0. The zero-order chi connectivity index (χ0) is 7.11. The van der Waals surface area contributed by atoms with E-state index in [0.717, 1.165) is 0 Å². The van der Waals surface area contributed by atoms with Crippen molar-refractivity contribution < 1.29 is 9.90 Å². The molecule has 0 rings (SSSR count). The Morgan fingerprint density at radius 1 is 1.78 bits per heavy atom. The Bertz CT molecular complexity index is 83.1. The normalized spacial score (nSPS) is 12.1. The van der Waals surface area contributed by atoms with Crippen molar-refractivity contribution in [3.63, 3.8) is 0 Å². The van der Waals surface area contributed by atoms with Gasteiger partial charge in [0.1, 0.15) is 0 Å². The second-order valence-electron chi connectivity index (χ2n) is 1.69. The highest BCUT2D eigenvalue weighted by Crippen LogP contribution is 1.88. The molecule has 0 aromatic heterocycles. The first-order valence-electron chi connectivity index (χ1n) is 2.76. The van der Waals surface area contributed by atoms with Gasteiger partial charge in [0.25, 0.3) is 0 Å². The van der Waals surface area contributed by atoms with Crippen molar-refractivity contribution in [2.24, 2.45) is 0 Å². The smallest absolute Gasteiger partial charge is 0.207 e. The van der Waals surface area contributed by atoms with Crippen LogP contribution in [0.2, 0.25) is 0 Å². The largest absolute Gasteiger partial charge is 0.394 e. The fraction of sp³-hybridized carbons (Fsp3) is 0.500. The maximum absolute atomic E-state index is 9.79. The average Bonchev–Trinajstić information content (AvgIpc) is 1.88. The van der Waals surface area contributed by atoms with Crippen LogP contribution in [0.15, 0.2) is 12.7 Å². The molecule has 0 aliphatic carbocycles. The maximum atomic E-state index is 9.79. The van der Waals surface area contributed by atoms with Gasteiger partial charge in [0.2, 0.25) is 6.41 Å². The summed E-state index contributed by atoms with van der Waals surface area (Å²) in [6.45, 7) is 3.43. The summed E-state index contributed by atoms with van der Waals surface area (Å²) in [6, 6.07) is -0.167. The Morgan fingerprint density at radius 3 is 2.78 bits per heavy atom. The van der Waals surface area contributed by atoms with Crippen LogP contribution >= 0.6 is 0 Å². The van der Waals surface area contributed by atoms with Gasteiger partial charge in [-0.2, -0.15) is 0 Å². The van der Waals surface area contributed by atoms with E-state index in [0.29, 0.717) is 12.8 Å². The topological polar surface area (TPSA) is 49.3 Å². The molecule has 0 aliphatic rings. The molecule has 0 radical (unpaired) electrons. The summed E-state index contributed by atoms with van der Waals surface area (Å²) >= 11 is 0. The predicted molar refractivity (Wildman–Crippen MR) is 34.9 cm³/mol. The minimum atomic E-state index is -0.167. The Labute approximate surface area is 54.4 Å². The van der Waals surface area contributed by atoms with Crippen LogP contribution in [-0.4, -0.2) is 24.2 Å². The summed E-state index contributed by atoms with van der Waals surface area (Å²) in [7, 11) is 0. The quantitative estimate of drug-likeness (QED) is 0.394. The number of hydrogen-bond donors (Lipinski definition) is 2. The standard InChI is InChI=1S/C6H11NO2/c1-2-3-6(4-8)7-5-9/h2,5-6,8H,1,3-4H2,(H,7,9)/t6-/m0/s1. The third kappa shape index (κ3) is 3.73. The average molecular weight is 129 g/mol. The van der Waals surface area contributed by atoms with Crippen LogP contribution in [0, 0.1) is 0 Å². The molecule has 3 heteroatoms. The summed E-state index contributed by atoms with van der Waals surface area (Å²) in [5.41, 5.74) is 0. The minimum absolute atomic E-state index is 0.0369. The monoisotopic (exact) mass is 129 g/mol. The zero-order valence-electron chi connectivity index (χ0n) is 5.21. The fourth-order valence-corrected chi connectivity index (χ4v) is 0.493. The second kappa shape index (κ2) is 5.31. The van der Waals surface area contributed by atoms with Crippen molar-refractivity contribution in [2.75, 3.05) is 6.61 Å². The Kier molecular flexibility index (Phi) is 4.82. The number of carbonyl (C=O) groups excluding carboxylic acids is 1. The van der Waals surface area contributed by atoms with Gasteiger partial charge in [-0.1, -0.05) is 6.08 Å². The van der Waals surface area contributed by atoms with Gasteiger partial charge < -0.3 is 10.4 Å². The number of carbonyl (C=O) groups is 1. The SMILES string of the molecule is C=CC[C@@H](CO)NC=O. The van der Waals surface area contributed by atoms with Gasteiger partial charge in [-0.25, -0.2) is 0 Å². The number of nitrogens with one attached hydrogen (secondary N) is 1. The molecule has 0 spiro atoms. The van der Waals surface area contributed by atoms with Gasteiger partial charge in [-0.05, 0) is 6.42 Å². The first-order chi connectivity index (χ1) is 4.35. The molecular weight excluding hydrogens is 118 g/mol. The van der Waals surface area contributed by atoms with Gasteiger partial charge in [0.15, 0.2) is 0 Å². The molecule has 9 heavy (non-hydrogen) atoms. The minimum Gasteiger partial charge on any atom is -0.394 e. The van der Waals surface area contributed by atoms with Crippen LogP contribution < -0.4 is 5.32 Å². The van der Waals surface area contributed by atoms with Crippen molar-refractivity contribution in [2.45, 2.75) is 12.5 Å².